The predicted octanol–water partition coefficient (Wildman–Crippen LogP) is 4.73. The van der Waals surface area contributed by atoms with E-state index in [0.717, 1.165) is 40.5 Å². The number of para-hydroxylation sites is 1. The van der Waals surface area contributed by atoms with Gasteiger partial charge in [-0.05, 0) is 56.9 Å². The maximum atomic E-state index is 13.0. The van der Waals surface area contributed by atoms with E-state index in [1.54, 1.807) is 0 Å². The van der Waals surface area contributed by atoms with Crippen LogP contribution in [0, 0.1) is 20.8 Å². The number of amides is 2. The average molecular weight is 408 g/mol. The number of carbonyl (C=O) groups excluding carboxylic acids is 2. The van der Waals surface area contributed by atoms with Crippen molar-refractivity contribution in [3.63, 3.8) is 0 Å². The van der Waals surface area contributed by atoms with E-state index in [0.29, 0.717) is 0 Å². The van der Waals surface area contributed by atoms with Gasteiger partial charge in [-0.2, -0.15) is 0 Å². The first kappa shape index (κ1) is 19.7. The molecule has 29 heavy (non-hydrogen) atoms. The molecule has 1 atom stereocenters. The van der Waals surface area contributed by atoms with Gasteiger partial charge in [0.05, 0.1) is 5.69 Å². The molecule has 1 aliphatic carbocycles. The van der Waals surface area contributed by atoms with Crippen LogP contribution in [0.25, 0.3) is 0 Å². The molecule has 150 valence electrons. The van der Waals surface area contributed by atoms with Crippen LogP contribution in [0.5, 0.6) is 0 Å². The highest BCUT2D eigenvalue weighted by Crippen LogP contribution is 2.40. The van der Waals surface area contributed by atoms with Crippen LogP contribution in [-0.2, 0) is 9.59 Å². The van der Waals surface area contributed by atoms with Crippen LogP contribution in [0.3, 0.4) is 0 Å². The summed E-state index contributed by atoms with van der Waals surface area (Å²) in [5.41, 5.74) is 4.94. The van der Waals surface area contributed by atoms with Gasteiger partial charge in [0.1, 0.15) is 5.25 Å². The number of carbonyl (C=O) groups is 2. The molecular weight excluding hydrogens is 382 g/mol. The summed E-state index contributed by atoms with van der Waals surface area (Å²) in [4.78, 5) is 32.2. The van der Waals surface area contributed by atoms with E-state index in [-0.39, 0.29) is 24.3 Å². The average Bonchev–Trinajstić information content (AvgIpc) is 3.45. The summed E-state index contributed by atoms with van der Waals surface area (Å²) in [6.45, 7) is 6.04. The molecule has 2 aliphatic rings. The maximum Gasteiger partial charge on any atom is 0.242 e. The standard InChI is InChI=1S/C23H25N3O2S/c1-14-8-11-19(16(3)12-14)25-23-26(17-9-10-17)22(28)20(29-23)13-21(27)24-18-7-5-4-6-15(18)2/h4-8,11-12,17,20H,9-10,13H2,1-3H3,(H,24,27)/t20-/m0/s1. The third-order valence-corrected chi connectivity index (χ3v) is 6.39. The monoisotopic (exact) mass is 407 g/mol. The molecule has 0 aromatic heterocycles. The van der Waals surface area contributed by atoms with Gasteiger partial charge in [0.25, 0.3) is 0 Å². The number of benzene rings is 2. The topological polar surface area (TPSA) is 61.8 Å². The molecule has 2 amide bonds. The minimum atomic E-state index is -0.427. The Morgan fingerprint density at radius 1 is 1.14 bits per heavy atom. The zero-order chi connectivity index (χ0) is 20.5. The first-order valence-corrected chi connectivity index (χ1v) is 10.8. The van der Waals surface area contributed by atoms with Crippen LogP contribution < -0.4 is 5.32 Å². The summed E-state index contributed by atoms with van der Waals surface area (Å²) in [5, 5.41) is 3.23. The minimum Gasteiger partial charge on any atom is -0.326 e. The number of rotatable bonds is 5. The number of hydrogen-bond donors (Lipinski definition) is 1. The highest BCUT2D eigenvalue weighted by molar-refractivity contribution is 8.15. The lowest BCUT2D eigenvalue weighted by molar-refractivity contribution is -0.128. The van der Waals surface area contributed by atoms with Crippen LogP contribution in [0.1, 0.15) is 36.0 Å². The fraction of sp³-hybridized carbons (Fsp3) is 0.348. The van der Waals surface area contributed by atoms with Gasteiger partial charge < -0.3 is 5.32 Å². The molecule has 2 fully saturated rings. The fourth-order valence-corrected chi connectivity index (χ4v) is 4.69. The summed E-state index contributed by atoms with van der Waals surface area (Å²) in [7, 11) is 0. The van der Waals surface area contributed by atoms with Crippen LogP contribution in [0.2, 0.25) is 0 Å². The van der Waals surface area contributed by atoms with E-state index in [4.69, 9.17) is 4.99 Å². The number of nitrogens with one attached hydrogen (secondary N) is 1. The summed E-state index contributed by atoms with van der Waals surface area (Å²) < 4.78 is 0. The Morgan fingerprint density at radius 3 is 2.59 bits per heavy atom. The van der Waals surface area contributed by atoms with Crippen LogP contribution in [-0.4, -0.2) is 33.2 Å². The molecule has 1 saturated carbocycles. The quantitative estimate of drug-likeness (QED) is 0.779. The number of aliphatic imine (C=N–C) groups is 1. The van der Waals surface area contributed by atoms with Gasteiger partial charge in [0.15, 0.2) is 5.17 Å². The van der Waals surface area contributed by atoms with Crippen molar-refractivity contribution >= 4 is 40.1 Å². The van der Waals surface area contributed by atoms with Gasteiger partial charge in [-0.15, -0.1) is 0 Å². The molecule has 0 bridgehead atoms. The second-order valence-corrected chi connectivity index (χ2v) is 8.97. The van der Waals surface area contributed by atoms with Crippen molar-refractivity contribution in [3.8, 4) is 0 Å². The van der Waals surface area contributed by atoms with Gasteiger partial charge in [-0.3, -0.25) is 14.5 Å². The normalized spacial score (nSPS) is 20.4. The van der Waals surface area contributed by atoms with Crippen molar-refractivity contribution in [2.24, 2.45) is 4.99 Å². The lowest BCUT2D eigenvalue weighted by atomic mass is 10.1. The Hall–Kier alpha value is -2.60. The molecule has 1 saturated heterocycles. The number of amidine groups is 1. The molecular formula is C23H25N3O2S. The summed E-state index contributed by atoms with van der Waals surface area (Å²) in [5.74, 6) is -0.144. The van der Waals surface area contributed by atoms with E-state index < -0.39 is 5.25 Å². The van der Waals surface area contributed by atoms with Gasteiger partial charge in [0, 0.05) is 18.2 Å². The Morgan fingerprint density at radius 2 is 1.90 bits per heavy atom. The number of nitrogens with zero attached hydrogens (tertiary/aromatic N) is 2. The van der Waals surface area contributed by atoms with E-state index in [1.165, 1.54) is 17.3 Å². The molecule has 2 aromatic carbocycles. The molecule has 4 rings (SSSR count). The number of anilines is 1. The van der Waals surface area contributed by atoms with Crippen molar-refractivity contribution in [3.05, 3.63) is 59.2 Å². The molecule has 1 aliphatic heterocycles. The Bertz CT molecular complexity index is 997. The highest BCUT2D eigenvalue weighted by Gasteiger charge is 2.46. The second kappa shape index (κ2) is 8.03. The predicted molar refractivity (Wildman–Crippen MR) is 119 cm³/mol. The van der Waals surface area contributed by atoms with Gasteiger partial charge in [-0.1, -0.05) is 47.7 Å². The van der Waals surface area contributed by atoms with Crippen LogP contribution in [0.4, 0.5) is 11.4 Å². The van der Waals surface area contributed by atoms with Gasteiger partial charge in [-0.25, -0.2) is 4.99 Å². The van der Waals surface area contributed by atoms with E-state index >= 15 is 0 Å². The molecule has 0 radical (unpaired) electrons. The third-order valence-electron chi connectivity index (χ3n) is 5.24. The molecule has 1 N–H and O–H groups in total. The first-order chi connectivity index (χ1) is 13.9. The number of aryl methyl sites for hydroxylation is 3. The number of thioether (sulfide) groups is 1. The minimum absolute atomic E-state index is 0.000878. The van der Waals surface area contributed by atoms with Crippen molar-refractivity contribution < 1.29 is 9.59 Å². The van der Waals surface area contributed by atoms with Crippen LogP contribution >= 0.6 is 11.8 Å². The van der Waals surface area contributed by atoms with Crippen molar-refractivity contribution in [1.29, 1.82) is 0 Å². The Balaban J connectivity index is 1.52. The largest absolute Gasteiger partial charge is 0.326 e. The number of hydrogen-bond acceptors (Lipinski definition) is 4. The molecule has 6 heteroatoms. The smallest absolute Gasteiger partial charge is 0.242 e. The zero-order valence-corrected chi connectivity index (χ0v) is 17.8. The molecule has 1 heterocycles. The SMILES string of the molecule is Cc1ccc(N=C2S[C@@H](CC(=O)Nc3ccccc3C)C(=O)N2C2CC2)c(C)c1. The maximum absolute atomic E-state index is 13.0. The Kier molecular flexibility index (Phi) is 5.46. The van der Waals surface area contributed by atoms with E-state index in [1.807, 2.05) is 55.1 Å². The zero-order valence-electron chi connectivity index (χ0n) is 16.9. The fourth-order valence-electron chi connectivity index (χ4n) is 3.48. The third kappa shape index (κ3) is 4.37. The molecule has 0 unspecified atom stereocenters. The van der Waals surface area contributed by atoms with Crippen molar-refractivity contribution in [1.82, 2.24) is 4.90 Å². The summed E-state index contributed by atoms with van der Waals surface area (Å²) in [6.07, 6.45) is 2.15. The lowest BCUT2D eigenvalue weighted by Gasteiger charge is -2.15. The van der Waals surface area contributed by atoms with Crippen molar-refractivity contribution in [2.75, 3.05) is 5.32 Å². The molecule has 0 spiro atoms. The summed E-state index contributed by atoms with van der Waals surface area (Å²) in [6, 6.07) is 14.0. The van der Waals surface area contributed by atoms with Crippen molar-refractivity contribution in [2.45, 2.75) is 51.3 Å². The van der Waals surface area contributed by atoms with Gasteiger partial charge in [0.2, 0.25) is 11.8 Å². The van der Waals surface area contributed by atoms with Gasteiger partial charge >= 0.3 is 0 Å². The lowest BCUT2D eigenvalue weighted by Crippen LogP contribution is -2.35. The Labute approximate surface area is 175 Å². The van der Waals surface area contributed by atoms with E-state index in [9.17, 15) is 9.59 Å². The molecule has 2 aromatic rings. The highest BCUT2D eigenvalue weighted by atomic mass is 32.2. The summed E-state index contributed by atoms with van der Waals surface area (Å²) >= 11 is 1.41. The van der Waals surface area contributed by atoms with Crippen LogP contribution in [0.15, 0.2) is 47.5 Å². The van der Waals surface area contributed by atoms with E-state index in [2.05, 4.69) is 18.3 Å². The first-order valence-electron chi connectivity index (χ1n) is 9.93. The second-order valence-electron chi connectivity index (χ2n) is 7.80. The molecule has 5 nitrogen and oxygen atoms in total.